The van der Waals surface area contributed by atoms with Gasteiger partial charge in [-0.3, -0.25) is 0 Å². The van der Waals surface area contributed by atoms with E-state index in [9.17, 15) is 0 Å². The maximum absolute atomic E-state index is 5.12. The smallest absolute Gasteiger partial charge is 0.119 e. The Hall–Kier alpha value is -1.81. The van der Waals surface area contributed by atoms with Gasteiger partial charge in [-0.2, -0.15) is 5.10 Å². The topological polar surface area (TPSA) is 36.3 Å². The maximum atomic E-state index is 5.12. The van der Waals surface area contributed by atoms with Crippen LogP contribution < -0.4 is 4.74 Å². The lowest BCUT2D eigenvalue weighted by Gasteiger charge is -2.03. The number of hydrogen-bond donors (Lipinski definition) is 0. The first kappa shape index (κ1) is 11.7. The van der Waals surface area contributed by atoms with Crippen LogP contribution in [0, 0.1) is 6.92 Å². The molecule has 0 unspecified atom stereocenters. The van der Waals surface area contributed by atoms with Gasteiger partial charge in [0.1, 0.15) is 5.75 Å². The van der Waals surface area contributed by atoms with Crippen LogP contribution >= 0.6 is 0 Å². The molecule has 0 saturated carbocycles. The highest BCUT2D eigenvalue weighted by molar-refractivity contribution is 5.37. The fourth-order valence-electron chi connectivity index (χ4n) is 1.64. The van der Waals surface area contributed by atoms with E-state index >= 15 is 0 Å². The van der Waals surface area contributed by atoms with E-state index in [1.165, 1.54) is 0 Å². The second-order valence-electron chi connectivity index (χ2n) is 3.83. The highest BCUT2D eigenvalue weighted by Crippen LogP contribution is 2.16. The first-order valence-corrected chi connectivity index (χ1v) is 5.43. The summed E-state index contributed by atoms with van der Waals surface area (Å²) in [4.78, 5) is 0. The molecule has 17 heavy (non-hydrogen) atoms. The average Bonchev–Trinajstić information content (AvgIpc) is 2.72. The lowest BCUT2D eigenvalue weighted by molar-refractivity contribution is 0.180. The molecule has 2 aromatic rings. The zero-order valence-corrected chi connectivity index (χ0v) is 10.3. The minimum absolute atomic E-state index is 0.537. The Labute approximate surface area is 101 Å². The molecule has 1 heterocycles. The number of methoxy groups -OCH3 is 2. The minimum Gasteiger partial charge on any atom is -0.497 e. The summed E-state index contributed by atoms with van der Waals surface area (Å²) in [6, 6.07) is 7.79. The van der Waals surface area contributed by atoms with Crippen molar-refractivity contribution in [1.29, 1.82) is 0 Å². The highest BCUT2D eigenvalue weighted by Gasteiger charge is 2.06. The van der Waals surface area contributed by atoms with Crippen LogP contribution in [0.1, 0.15) is 11.3 Å². The Bertz CT molecular complexity index is 489. The van der Waals surface area contributed by atoms with Crippen LogP contribution in [0.25, 0.3) is 5.69 Å². The number of aromatic nitrogens is 2. The molecule has 0 amide bonds. The summed E-state index contributed by atoms with van der Waals surface area (Å²) in [5.41, 5.74) is 3.10. The zero-order chi connectivity index (χ0) is 12.3. The summed E-state index contributed by atoms with van der Waals surface area (Å²) < 4.78 is 12.1. The molecule has 0 aliphatic rings. The Balaban J connectivity index is 2.29. The number of ether oxygens (including phenoxy) is 2. The Morgan fingerprint density at radius 2 is 1.88 bits per heavy atom. The van der Waals surface area contributed by atoms with Crippen molar-refractivity contribution in [2.75, 3.05) is 14.2 Å². The van der Waals surface area contributed by atoms with E-state index in [0.717, 1.165) is 22.7 Å². The average molecular weight is 232 g/mol. The Kier molecular flexibility index (Phi) is 3.44. The number of nitrogens with zero attached hydrogens (tertiary/aromatic N) is 2. The normalized spacial score (nSPS) is 10.5. The van der Waals surface area contributed by atoms with Crippen molar-refractivity contribution in [2.45, 2.75) is 13.5 Å². The van der Waals surface area contributed by atoms with Crippen molar-refractivity contribution in [2.24, 2.45) is 0 Å². The molecule has 4 heteroatoms. The van der Waals surface area contributed by atoms with Crippen molar-refractivity contribution in [3.8, 4) is 11.4 Å². The number of rotatable bonds is 4. The van der Waals surface area contributed by atoms with Crippen molar-refractivity contribution in [3.05, 3.63) is 41.7 Å². The third kappa shape index (κ3) is 2.47. The van der Waals surface area contributed by atoms with Gasteiger partial charge in [0.05, 0.1) is 25.1 Å². The van der Waals surface area contributed by atoms with Crippen LogP contribution in [0.2, 0.25) is 0 Å². The molecule has 1 aromatic carbocycles. The second-order valence-corrected chi connectivity index (χ2v) is 3.83. The molecular weight excluding hydrogens is 216 g/mol. The van der Waals surface area contributed by atoms with E-state index in [1.54, 1.807) is 14.2 Å². The van der Waals surface area contributed by atoms with Gasteiger partial charge < -0.3 is 9.47 Å². The number of aryl methyl sites for hydroxylation is 1. The summed E-state index contributed by atoms with van der Waals surface area (Å²) in [5, 5.41) is 4.48. The van der Waals surface area contributed by atoms with Gasteiger partial charge >= 0.3 is 0 Å². The molecule has 0 aliphatic carbocycles. The monoisotopic (exact) mass is 232 g/mol. The molecule has 0 saturated heterocycles. The van der Waals surface area contributed by atoms with Crippen LogP contribution in [-0.2, 0) is 11.3 Å². The van der Waals surface area contributed by atoms with Crippen LogP contribution in [0.3, 0.4) is 0 Å². The van der Waals surface area contributed by atoms with Gasteiger partial charge in [0, 0.05) is 13.3 Å². The van der Waals surface area contributed by atoms with E-state index < -0.39 is 0 Å². The summed E-state index contributed by atoms with van der Waals surface area (Å²) >= 11 is 0. The van der Waals surface area contributed by atoms with Crippen molar-refractivity contribution < 1.29 is 9.47 Å². The molecule has 0 spiro atoms. The third-order valence-corrected chi connectivity index (χ3v) is 2.62. The predicted molar refractivity (Wildman–Crippen MR) is 65.6 cm³/mol. The SMILES string of the molecule is COCc1nn(-c2ccc(OC)cc2)cc1C. The molecule has 0 fully saturated rings. The largest absolute Gasteiger partial charge is 0.497 e. The zero-order valence-electron chi connectivity index (χ0n) is 10.3. The molecule has 4 nitrogen and oxygen atoms in total. The number of hydrogen-bond acceptors (Lipinski definition) is 3. The van der Waals surface area contributed by atoms with E-state index in [2.05, 4.69) is 5.10 Å². The molecule has 0 aliphatic heterocycles. The van der Waals surface area contributed by atoms with E-state index in [-0.39, 0.29) is 0 Å². The van der Waals surface area contributed by atoms with Gasteiger partial charge in [-0.05, 0) is 36.8 Å². The first-order chi connectivity index (χ1) is 8.24. The fourth-order valence-corrected chi connectivity index (χ4v) is 1.64. The Morgan fingerprint density at radius 1 is 1.18 bits per heavy atom. The van der Waals surface area contributed by atoms with Crippen LogP contribution in [0.15, 0.2) is 30.5 Å². The van der Waals surface area contributed by atoms with Gasteiger partial charge in [0.15, 0.2) is 0 Å². The van der Waals surface area contributed by atoms with Crippen molar-refractivity contribution in [3.63, 3.8) is 0 Å². The maximum Gasteiger partial charge on any atom is 0.119 e. The lowest BCUT2D eigenvalue weighted by Crippen LogP contribution is -1.97. The van der Waals surface area contributed by atoms with Gasteiger partial charge in [0.25, 0.3) is 0 Å². The van der Waals surface area contributed by atoms with Gasteiger partial charge in [-0.1, -0.05) is 0 Å². The predicted octanol–water partition coefficient (Wildman–Crippen LogP) is 2.34. The van der Waals surface area contributed by atoms with Crippen LogP contribution in [0.5, 0.6) is 5.75 Å². The molecule has 0 N–H and O–H groups in total. The van der Waals surface area contributed by atoms with Gasteiger partial charge in [-0.15, -0.1) is 0 Å². The quantitative estimate of drug-likeness (QED) is 0.811. The van der Waals surface area contributed by atoms with Crippen molar-refractivity contribution in [1.82, 2.24) is 9.78 Å². The van der Waals surface area contributed by atoms with Crippen LogP contribution in [0.4, 0.5) is 0 Å². The summed E-state index contributed by atoms with van der Waals surface area (Å²) in [5.74, 6) is 0.842. The van der Waals surface area contributed by atoms with Gasteiger partial charge in [-0.25, -0.2) is 4.68 Å². The molecule has 0 bridgehead atoms. The Morgan fingerprint density at radius 3 is 2.47 bits per heavy atom. The summed E-state index contributed by atoms with van der Waals surface area (Å²) in [6.45, 7) is 2.57. The second kappa shape index (κ2) is 5.01. The molecule has 0 radical (unpaired) electrons. The minimum atomic E-state index is 0.537. The third-order valence-electron chi connectivity index (χ3n) is 2.62. The summed E-state index contributed by atoms with van der Waals surface area (Å²) in [6.07, 6.45) is 2.00. The van der Waals surface area contributed by atoms with E-state index in [0.29, 0.717) is 6.61 Å². The molecule has 0 atom stereocenters. The molecule has 90 valence electrons. The molecule has 2 rings (SSSR count). The van der Waals surface area contributed by atoms with Crippen molar-refractivity contribution >= 4 is 0 Å². The van der Waals surface area contributed by atoms with Crippen LogP contribution in [-0.4, -0.2) is 24.0 Å². The van der Waals surface area contributed by atoms with E-state index in [1.807, 2.05) is 42.1 Å². The van der Waals surface area contributed by atoms with Gasteiger partial charge in [0.2, 0.25) is 0 Å². The summed E-state index contributed by atoms with van der Waals surface area (Å²) in [7, 11) is 3.33. The highest BCUT2D eigenvalue weighted by atomic mass is 16.5. The number of benzene rings is 1. The fraction of sp³-hybridized carbons (Fsp3) is 0.308. The molecular formula is C13H16N2O2. The standard InChI is InChI=1S/C13H16N2O2/c1-10-8-15(14-13(10)9-16-2)11-4-6-12(17-3)7-5-11/h4-8H,9H2,1-3H3. The first-order valence-electron chi connectivity index (χ1n) is 5.43. The van der Waals surface area contributed by atoms with E-state index in [4.69, 9.17) is 9.47 Å². The molecule has 1 aromatic heterocycles. The lowest BCUT2D eigenvalue weighted by atomic mass is 10.3.